The van der Waals surface area contributed by atoms with Crippen molar-refractivity contribution in [2.24, 2.45) is 0 Å². The van der Waals surface area contributed by atoms with Gasteiger partial charge in [-0.05, 0) is 36.4 Å². The Balaban J connectivity index is 1.58. The number of ether oxygens (including phenoxy) is 2. The van der Waals surface area contributed by atoms with Crippen LogP contribution in [0.4, 0.5) is 0 Å². The fraction of sp³-hybridized carbons (Fsp3) is 0.125. The van der Waals surface area contributed by atoms with E-state index in [1.807, 2.05) is 48.5 Å². The highest BCUT2D eigenvalue weighted by atomic mass is 79.9. The Morgan fingerprint density at radius 3 is 2.48 bits per heavy atom. The van der Waals surface area contributed by atoms with E-state index in [0.717, 1.165) is 21.1 Å². The lowest BCUT2D eigenvalue weighted by molar-refractivity contribution is 0.213. The van der Waals surface area contributed by atoms with E-state index in [1.165, 1.54) is 6.33 Å². The molecule has 0 aliphatic carbocycles. The maximum absolute atomic E-state index is 5.68. The lowest BCUT2D eigenvalue weighted by Crippen LogP contribution is -2.10. The number of fused-ring (bicyclic) bond motifs is 1. The SMILES string of the molecule is Brc1ccc(OCCOc2ncnc3ccccc23)cc1. The minimum Gasteiger partial charge on any atom is -0.490 e. The second-order valence-electron chi connectivity index (χ2n) is 4.35. The highest BCUT2D eigenvalue weighted by Crippen LogP contribution is 2.20. The van der Waals surface area contributed by atoms with E-state index in [-0.39, 0.29) is 0 Å². The molecular weight excluding hydrogens is 332 g/mol. The average Bonchev–Trinajstić information content (AvgIpc) is 2.53. The Morgan fingerprint density at radius 2 is 1.62 bits per heavy atom. The minimum absolute atomic E-state index is 0.428. The van der Waals surface area contributed by atoms with Gasteiger partial charge in [-0.2, -0.15) is 0 Å². The Hall–Kier alpha value is -2.14. The summed E-state index contributed by atoms with van der Waals surface area (Å²) < 4.78 is 12.3. The number of aromatic nitrogens is 2. The molecule has 1 heterocycles. The lowest BCUT2D eigenvalue weighted by Gasteiger charge is -2.09. The van der Waals surface area contributed by atoms with Crippen LogP contribution < -0.4 is 9.47 Å². The van der Waals surface area contributed by atoms with E-state index >= 15 is 0 Å². The van der Waals surface area contributed by atoms with E-state index in [9.17, 15) is 0 Å². The largest absolute Gasteiger partial charge is 0.490 e. The summed E-state index contributed by atoms with van der Waals surface area (Å²) in [6, 6.07) is 15.5. The van der Waals surface area contributed by atoms with Crippen molar-refractivity contribution in [3.8, 4) is 11.6 Å². The predicted molar refractivity (Wildman–Crippen MR) is 84.7 cm³/mol. The van der Waals surface area contributed by atoms with Gasteiger partial charge in [-0.3, -0.25) is 0 Å². The van der Waals surface area contributed by atoms with E-state index in [2.05, 4.69) is 25.9 Å². The van der Waals surface area contributed by atoms with E-state index < -0.39 is 0 Å². The van der Waals surface area contributed by atoms with Gasteiger partial charge in [0.05, 0.1) is 10.9 Å². The van der Waals surface area contributed by atoms with Gasteiger partial charge in [-0.25, -0.2) is 9.97 Å². The third-order valence-electron chi connectivity index (χ3n) is 2.91. The third-order valence-corrected chi connectivity index (χ3v) is 3.44. The number of halogens is 1. The molecule has 106 valence electrons. The fourth-order valence-corrected chi connectivity index (χ4v) is 2.19. The molecule has 0 amide bonds. The standard InChI is InChI=1S/C16H13BrN2O2/c17-12-5-7-13(8-6-12)20-9-10-21-16-14-3-1-2-4-15(14)18-11-19-16/h1-8,11H,9-10H2. The van der Waals surface area contributed by atoms with E-state index in [1.54, 1.807) is 0 Å². The van der Waals surface area contributed by atoms with Crippen LogP contribution in [0.25, 0.3) is 10.9 Å². The Labute approximate surface area is 130 Å². The monoisotopic (exact) mass is 344 g/mol. The zero-order chi connectivity index (χ0) is 14.5. The molecule has 3 rings (SSSR count). The van der Waals surface area contributed by atoms with Crippen molar-refractivity contribution < 1.29 is 9.47 Å². The summed E-state index contributed by atoms with van der Waals surface area (Å²) in [4.78, 5) is 8.37. The maximum Gasteiger partial charge on any atom is 0.224 e. The van der Waals surface area contributed by atoms with E-state index in [4.69, 9.17) is 9.47 Å². The van der Waals surface area contributed by atoms with Crippen molar-refractivity contribution >= 4 is 26.8 Å². The molecule has 0 atom stereocenters. The normalized spacial score (nSPS) is 10.5. The molecule has 0 aliphatic rings. The van der Waals surface area contributed by atoms with Crippen molar-refractivity contribution in [2.75, 3.05) is 13.2 Å². The molecule has 0 saturated heterocycles. The highest BCUT2D eigenvalue weighted by molar-refractivity contribution is 9.10. The molecule has 0 N–H and O–H groups in total. The van der Waals surface area contributed by atoms with Gasteiger partial charge in [-0.15, -0.1) is 0 Å². The zero-order valence-electron chi connectivity index (χ0n) is 11.2. The molecule has 0 aliphatic heterocycles. The summed E-state index contributed by atoms with van der Waals surface area (Å²) in [6.07, 6.45) is 1.51. The number of hydrogen-bond donors (Lipinski definition) is 0. The van der Waals surface area contributed by atoms with Crippen LogP contribution in [0.2, 0.25) is 0 Å². The summed E-state index contributed by atoms with van der Waals surface area (Å²) in [7, 11) is 0. The van der Waals surface area contributed by atoms with Crippen molar-refractivity contribution in [1.29, 1.82) is 0 Å². The van der Waals surface area contributed by atoms with Crippen molar-refractivity contribution in [2.45, 2.75) is 0 Å². The molecule has 5 heteroatoms. The van der Waals surface area contributed by atoms with Crippen LogP contribution in [0.1, 0.15) is 0 Å². The Kier molecular flexibility index (Phi) is 4.31. The van der Waals surface area contributed by atoms with Crippen LogP contribution in [0.15, 0.2) is 59.3 Å². The maximum atomic E-state index is 5.68. The molecule has 0 bridgehead atoms. The molecule has 0 fully saturated rings. The van der Waals surface area contributed by atoms with Crippen LogP contribution in [0.3, 0.4) is 0 Å². The van der Waals surface area contributed by atoms with Crippen LogP contribution in [0.5, 0.6) is 11.6 Å². The van der Waals surface area contributed by atoms with Crippen molar-refractivity contribution in [3.63, 3.8) is 0 Å². The first-order chi connectivity index (χ1) is 10.3. The zero-order valence-corrected chi connectivity index (χ0v) is 12.8. The molecule has 0 saturated carbocycles. The second kappa shape index (κ2) is 6.54. The summed E-state index contributed by atoms with van der Waals surface area (Å²) in [5.41, 5.74) is 0.872. The number of nitrogens with zero attached hydrogens (tertiary/aromatic N) is 2. The van der Waals surface area contributed by atoms with Crippen LogP contribution in [-0.4, -0.2) is 23.2 Å². The quantitative estimate of drug-likeness (QED) is 0.659. The number of benzene rings is 2. The summed E-state index contributed by atoms with van der Waals surface area (Å²) in [5, 5.41) is 0.906. The lowest BCUT2D eigenvalue weighted by atomic mass is 10.2. The number of rotatable bonds is 5. The first kappa shape index (κ1) is 13.8. The Morgan fingerprint density at radius 1 is 0.857 bits per heavy atom. The molecule has 0 radical (unpaired) electrons. The molecule has 4 nitrogen and oxygen atoms in total. The van der Waals surface area contributed by atoms with Crippen LogP contribution in [0, 0.1) is 0 Å². The molecule has 21 heavy (non-hydrogen) atoms. The Bertz CT molecular complexity index is 726. The van der Waals surface area contributed by atoms with Gasteiger partial charge in [-0.1, -0.05) is 28.1 Å². The summed E-state index contributed by atoms with van der Waals surface area (Å²) in [6.45, 7) is 0.886. The van der Waals surface area contributed by atoms with Crippen molar-refractivity contribution in [1.82, 2.24) is 9.97 Å². The fourth-order valence-electron chi connectivity index (χ4n) is 1.92. The average molecular weight is 345 g/mol. The van der Waals surface area contributed by atoms with Gasteiger partial charge in [0.2, 0.25) is 5.88 Å². The summed E-state index contributed by atoms with van der Waals surface area (Å²) >= 11 is 3.39. The predicted octanol–water partition coefficient (Wildman–Crippen LogP) is 3.85. The number of para-hydroxylation sites is 1. The molecule has 1 aromatic heterocycles. The van der Waals surface area contributed by atoms with Gasteiger partial charge < -0.3 is 9.47 Å². The first-order valence-electron chi connectivity index (χ1n) is 6.54. The van der Waals surface area contributed by atoms with Crippen molar-refractivity contribution in [3.05, 3.63) is 59.3 Å². The number of hydrogen-bond acceptors (Lipinski definition) is 4. The third kappa shape index (κ3) is 3.49. The van der Waals surface area contributed by atoms with Gasteiger partial charge in [0.25, 0.3) is 0 Å². The smallest absolute Gasteiger partial charge is 0.224 e. The molecular formula is C16H13BrN2O2. The molecule has 3 aromatic rings. The molecule has 0 spiro atoms. The molecule has 2 aromatic carbocycles. The van der Waals surface area contributed by atoms with Gasteiger partial charge in [0.1, 0.15) is 25.3 Å². The van der Waals surface area contributed by atoms with Gasteiger partial charge in [0.15, 0.2) is 0 Å². The van der Waals surface area contributed by atoms with Crippen LogP contribution >= 0.6 is 15.9 Å². The minimum atomic E-state index is 0.428. The van der Waals surface area contributed by atoms with Crippen LogP contribution in [-0.2, 0) is 0 Å². The topological polar surface area (TPSA) is 44.2 Å². The highest BCUT2D eigenvalue weighted by Gasteiger charge is 2.03. The molecule has 0 unspecified atom stereocenters. The second-order valence-corrected chi connectivity index (χ2v) is 5.26. The van der Waals surface area contributed by atoms with Gasteiger partial charge >= 0.3 is 0 Å². The van der Waals surface area contributed by atoms with Gasteiger partial charge in [0, 0.05) is 4.47 Å². The first-order valence-corrected chi connectivity index (χ1v) is 7.33. The summed E-state index contributed by atoms with van der Waals surface area (Å²) in [5.74, 6) is 1.40. The van der Waals surface area contributed by atoms with E-state index in [0.29, 0.717) is 19.1 Å².